The molecule has 0 aliphatic heterocycles. The molecule has 4 heteroatoms. The predicted molar refractivity (Wildman–Crippen MR) is 59.9 cm³/mol. The van der Waals surface area contributed by atoms with Gasteiger partial charge in [-0.2, -0.15) is 4.91 Å². The highest BCUT2D eigenvalue weighted by atomic mass is 127. The number of ether oxygens (including phenoxy) is 1. The highest BCUT2D eigenvalue weighted by Crippen LogP contribution is 2.14. The van der Waals surface area contributed by atoms with Crippen molar-refractivity contribution in [2.24, 2.45) is 5.18 Å². The Morgan fingerprint density at radius 3 is 3.00 bits per heavy atom. The van der Waals surface area contributed by atoms with Crippen LogP contribution >= 0.6 is 22.6 Å². The Labute approximate surface area is 90.6 Å². The lowest BCUT2D eigenvalue weighted by Gasteiger charge is -2.06. The fourth-order valence-electron chi connectivity index (χ4n) is 0.804. The lowest BCUT2D eigenvalue weighted by atomic mass is 10.3. The van der Waals surface area contributed by atoms with Gasteiger partial charge in [-0.3, -0.25) is 0 Å². The molecule has 0 saturated heterocycles. The molecule has 13 heavy (non-hydrogen) atoms. The molecule has 0 aliphatic carbocycles. The summed E-state index contributed by atoms with van der Waals surface area (Å²) in [5.74, 6) is 0.780. The zero-order valence-corrected chi connectivity index (χ0v) is 9.39. The van der Waals surface area contributed by atoms with E-state index >= 15 is 0 Å². The van der Waals surface area contributed by atoms with Crippen molar-refractivity contribution < 1.29 is 4.74 Å². The Hall–Kier alpha value is -0.650. The van der Waals surface area contributed by atoms with Crippen LogP contribution in [0.15, 0.2) is 29.4 Å². The number of benzene rings is 1. The van der Waals surface area contributed by atoms with Crippen LogP contribution in [0.3, 0.4) is 0 Å². The first-order chi connectivity index (χ1) is 6.22. The average Bonchev–Trinajstić information content (AvgIpc) is 2.14. The van der Waals surface area contributed by atoms with Gasteiger partial charge in [0.05, 0.1) is 0 Å². The van der Waals surface area contributed by atoms with Gasteiger partial charge in [-0.1, -0.05) is 11.2 Å². The van der Waals surface area contributed by atoms with E-state index in [0.717, 1.165) is 9.32 Å². The number of hydrogen-bond donors (Lipinski definition) is 0. The van der Waals surface area contributed by atoms with Gasteiger partial charge in [0.15, 0.2) is 0 Å². The molecule has 0 bridgehead atoms. The van der Waals surface area contributed by atoms with E-state index in [0.29, 0.717) is 6.61 Å². The maximum atomic E-state index is 10.1. The molecule has 1 unspecified atom stereocenters. The van der Waals surface area contributed by atoms with Crippen LogP contribution in [0.4, 0.5) is 0 Å². The molecule has 0 spiro atoms. The Balaban J connectivity index is 2.49. The third-order valence-electron chi connectivity index (χ3n) is 1.47. The smallest absolute Gasteiger partial charge is 0.123 e. The Kier molecular flexibility index (Phi) is 4.14. The predicted octanol–water partition coefficient (Wildman–Crippen LogP) is 2.82. The summed E-state index contributed by atoms with van der Waals surface area (Å²) in [5.41, 5.74) is 0. The van der Waals surface area contributed by atoms with Crippen LogP contribution in [0.5, 0.6) is 5.75 Å². The van der Waals surface area contributed by atoms with Crippen molar-refractivity contribution in [2.75, 3.05) is 6.61 Å². The second-order valence-electron chi connectivity index (χ2n) is 2.72. The molecular weight excluding hydrogens is 281 g/mol. The molecule has 0 amide bonds. The topological polar surface area (TPSA) is 38.7 Å². The van der Waals surface area contributed by atoms with Crippen LogP contribution in [0.1, 0.15) is 6.92 Å². The van der Waals surface area contributed by atoms with Crippen LogP contribution in [-0.4, -0.2) is 12.6 Å². The van der Waals surface area contributed by atoms with Crippen molar-refractivity contribution in [3.05, 3.63) is 32.7 Å². The van der Waals surface area contributed by atoms with E-state index in [1.165, 1.54) is 0 Å². The van der Waals surface area contributed by atoms with Crippen LogP contribution in [-0.2, 0) is 0 Å². The molecule has 1 rings (SSSR count). The normalized spacial score (nSPS) is 12.2. The standard InChI is InChI=1S/C9H10INO2/c1-7(11-12)6-13-9-4-2-3-8(10)5-9/h2-5,7H,6H2,1H3. The van der Waals surface area contributed by atoms with E-state index in [2.05, 4.69) is 27.8 Å². The summed E-state index contributed by atoms with van der Waals surface area (Å²) in [6.45, 7) is 2.06. The number of nitroso groups, excluding NO2 is 1. The van der Waals surface area contributed by atoms with Gasteiger partial charge in [-0.25, -0.2) is 0 Å². The second kappa shape index (κ2) is 5.16. The summed E-state index contributed by atoms with van der Waals surface area (Å²) in [7, 11) is 0. The minimum absolute atomic E-state index is 0.294. The van der Waals surface area contributed by atoms with Gasteiger partial charge in [0.25, 0.3) is 0 Å². The number of rotatable bonds is 4. The summed E-state index contributed by atoms with van der Waals surface area (Å²) in [5, 5.41) is 2.85. The molecule has 1 atom stereocenters. The molecule has 0 fully saturated rings. The van der Waals surface area contributed by atoms with Gasteiger partial charge in [-0.15, -0.1) is 0 Å². The SMILES string of the molecule is CC(COc1cccc(I)c1)N=O. The number of hydrogen-bond acceptors (Lipinski definition) is 3. The molecule has 3 nitrogen and oxygen atoms in total. The second-order valence-corrected chi connectivity index (χ2v) is 3.97. The lowest BCUT2D eigenvalue weighted by molar-refractivity contribution is 0.296. The first-order valence-electron chi connectivity index (χ1n) is 3.93. The van der Waals surface area contributed by atoms with Gasteiger partial charge in [0.2, 0.25) is 0 Å². The maximum Gasteiger partial charge on any atom is 0.123 e. The first-order valence-corrected chi connectivity index (χ1v) is 5.01. The van der Waals surface area contributed by atoms with Crippen LogP contribution in [0.25, 0.3) is 0 Å². The monoisotopic (exact) mass is 291 g/mol. The van der Waals surface area contributed by atoms with Gasteiger partial charge < -0.3 is 4.74 Å². The molecule has 0 heterocycles. The third kappa shape index (κ3) is 3.71. The zero-order chi connectivity index (χ0) is 9.68. The Bertz CT molecular complexity index is 291. The number of nitrogens with zero attached hydrogens (tertiary/aromatic N) is 1. The Morgan fingerprint density at radius 1 is 1.62 bits per heavy atom. The maximum absolute atomic E-state index is 10.1. The fraction of sp³-hybridized carbons (Fsp3) is 0.333. The lowest BCUT2D eigenvalue weighted by Crippen LogP contribution is -2.10. The van der Waals surface area contributed by atoms with E-state index < -0.39 is 0 Å². The molecule has 70 valence electrons. The highest BCUT2D eigenvalue weighted by molar-refractivity contribution is 14.1. The summed E-state index contributed by atoms with van der Waals surface area (Å²) < 4.78 is 6.45. The van der Waals surface area contributed by atoms with Crippen LogP contribution < -0.4 is 4.74 Å². The van der Waals surface area contributed by atoms with E-state index in [1.807, 2.05) is 24.3 Å². The summed E-state index contributed by atoms with van der Waals surface area (Å²) >= 11 is 2.21. The largest absolute Gasteiger partial charge is 0.491 e. The number of halogens is 1. The third-order valence-corrected chi connectivity index (χ3v) is 2.14. The minimum Gasteiger partial charge on any atom is -0.491 e. The van der Waals surface area contributed by atoms with Crippen molar-refractivity contribution >= 4 is 22.6 Å². The molecule has 0 saturated carbocycles. The van der Waals surface area contributed by atoms with E-state index in [9.17, 15) is 4.91 Å². The molecule has 1 aromatic rings. The molecule has 0 aromatic heterocycles. The molecule has 0 aliphatic rings. The Morgan fingerprint density at radius 2 is 2.38 bits per heavy atom. The van der Waals surface area contributed by atoms with Gasteiger partial charge >= 0.3 is 0 Å². The fourth-order valence-corrected chi connectivity index (χ4v) is 1.32. The van der Waals surface area contributed by atoms with Crippen LogP contribution in [0, 0.1) is 8.48 Å². The van der Waals surface area contributed by atoms with E-state index in [-0.39, 0.29) is 6.04 Å². The van der Waals surface area contributed by atoms with Crippen molar-refractivity contribution in [1.29, 1.82) is 0 Å². The summed E-state index contributed by atoms with van der Waals surface area (Å²) in [6.07, 6.45) is 0. The van der Waals surface area contributed by atoms with Gasteiger partial charge in [-0.05, 0) is 47.7 Å². The molecular formula is C9H10INO2. The van der Waals surface area contributed by atoms with Gasteiger partial charge in [0, 0.05) is 3.57 Å². The molecule has 0 radical (unpaired) electrons. The van der Waals surface area contributed by atoms with Crippen molar-refractivity contribution in [3.8, 4) is 5.75 Å². The van der Waals surface area contributed by atoms with Crippen LogP contribution in [0.2, 0.25) is 0 Å². The van der Waals surface area contributed by atoms with E-state index in [1.54, 1.807) is 6.92 Å². The molecule has 1 aromatic carbocycles. The van der Waals surface area contributed by atoms with Crippen molar-refractivity contribution in [2.45, 2.75) is 13.0 Å². The minimum atomic E-state index is -0.294. The van der Waals surface area contributed by atoms with Crippen molar-refractivity contribution in [3.63, 3.8) is 0 Å². The van der Waals surface area contributed by atoms with Crippen molar-refractivity contribution in [1.82, 2.24) is 0 Å². The zero-order valence-electron chi connectivity index (χ0n) is 7.24. The van der Waals surface area contributed by atoms with Gasteiger partial charge in [0.1, 0.15) is 18.4 Å². The summed E-state index contributed by atoms with van der Waals surface area (Å²) in [6, 6.07) is 7.38. The first kappa shape index (κ1) is 10.4. The quantitative estimate of drug-likeness (QED) is 0.632. The molecule has 0 N–H and O–H groups in total. The van der Waals surface area contributed by atoms with E-state index in [4.69, 9.17) is 4.74 Å². The highest BCUT2D eigenvalue weighted by Gasteiger charge is 2.01. The average molecular weight is 291 g/mol. The summed E-state index contributed by atoms with van der Waals surface area (Å²) in [4.78, 5) is 10.1.